The minimum absolute atomic E-state index is 0.0925. The van der Waals surface area contributed by atoms with Gasteiger partial charge in [0.05, 0.1) is 28.3 Å². The highest BCUT2D eigenvalue weighted by Gasteiger charge is 2.14. The fourth-order valence-corrected chi connectivity index (χ4v) is 1.11. The molecule has 1 amide bonds. The summed E-state index contributed by atoms with van der Waals surface area (Å²) in [5.74, 6) is 0.655. The van der Waals surface area contributed by atoms with Crippen LogP contribution < -0.4 is 10.2 Å². The van der Waals surface area contributed by atoms with Crippen LogP contribution in [0.5, 0.6) is 5.75 Å². The molecule has 0 saturated carbocycles. The Morgan fingerprint density at radius 3 is 2.13 bits per heavy atom. The second-order valence-electron chi connectivity index (χ2n) is 4.18. The number of rotatable bonds is 3. The third-order valence-electron chi connectivity index (χ3n) is 1.79. The van der Waals surface area contributed by atoms with Crippen molar-refractivity contribution in [2.24, 2.45) is 0 Å². The molecule has 0 spiro atoms. The first kappa shape index (κ1) is 11.5. The molecule has 0 unspecified atom stereocenters. The van der Waals surface area contributed by atoms with E-state index in [1.807, 2.05) is 21.1 Å². The summed E-state index contributed by atoms with van der Waals surface area (Å²) in [5.41, 5.74) is 3.46. The van der Waals surface area contributed by atoms with Crippen molar-refractivity contribution < 1.29 is 14.1 Å². The molecule has 0 aliphatic heterocycles. The first-order valence-corrected chi connectivity index (χ1v) is 4.70. The summed E-state index contributed by atoms with van der Waals surface area (Å²) < 4.78 is 5.41. The number of hydrogen-bond donors (Lipinski definition) is 1. The predicted octanol–water partition coefficient (Wildman–Crippen LogP) is 1.05. The van der Waals surface area contributed by atoms with Crippen LogP contribution in [0.3, 0.4) is 0 Å². The second kappa shape index (κ2) is 4.31. The Labute approximate surface area is 90.0 Å². The summed E-state index contributed by atoms with van der Waals surface area (Å²) in [6, 6.07) is 7.02. The van der Waals surface area contributed by atoms with Crippen LogP contribution in [0.4, 0.5) is 0 Å². The standard InChI is InChI=1S/C11H16N2O2/c1-13(2,3)12-11(14)9-5-7-10(15-4)8-6-9/h5-8H,1-4H3/p+1. The number of ether oxygens (including phenoxy) is 1. The van der Waals surface area contributed by atoms with Gasteiger partial charge in [-0.3, -0.25) is 4.79 Å². The minimum atomic E-state index is -0.0925. The first-order chi connectivity index (χ1) is 6.92. The predicted molar refractivity (Wildman–Crippen MR) is 58.5 cm³/mol. The molecule has 1 N–H and O–H groups in total. The number of carbonyl (C=O) groups is 1. The number of benzene rings is 1. The molecule has 82 valence electrons. The highest BCUT2D eigenvalue weighted by atomic mass is 16.5. The first-order valence-electron chi connectivity index (χ1n) is 4.70. The minimum Gasteiger partial charge on any atom is -0.497 e. The lowest BCUT2D eigenvalue weighted by atomic mass is 10.2. The van der Waals surface area contributed by atoms with Crippen LogP contribution in [0.2, 0.25) is 0 Å². The van der Waals surface area contributed by atoms with Crippen molar-refractivity contribution in [3.05, 3.63) is 29.8 Å². The van der Waals surface area contributed by atoms with E-state index < -0.39 is 0 Å². The molecule has 0 radical (unpaired) electrons. The largest absolute Gasteiger partial charge is 0.497 e. The lowest BCUT2D eigenvalue weighted by molar-refractivity contribution is -0.905. The van der Waals surface area contributed by atoms with Crippen molar-refractivity contribution in [2.75, 3.05) is 28.3 Å². The molecule has 0 aliphatic rings. The number of carbonyl (C=O) groups excluding carboxylic acids is 1. The van der Waals surface area contributed by atoms with Gasteiger partial charge in [-0.2, -0.15) is 5.43 Å². The van der Waals surface area contributed by atoms with Crippen LogP contribution in [0.25, 0.3) is 0 Å². The van der Waals surface area contributed by atoms with E-state index in [-0.39, 0.29) is 5.91 Å². The van der Waals surface area contributed by atoms with E-state index in [9.17, 15) is 4.79 Å². The molecule has 1 aromatic rings. The van der Waals surface area contributed by atoms with Crippen molar-refractivity contribution in [1.29, 1.82) is 0 Å². The molecule has 0 atom stereocenters. The summed E-state index contributed by atoms with van der Waals surface area (Å²) in [4.78, 5) is 11.7. The quantitative estimate of drug-likeness (QED) is 0.597. The third kappa shape index (κ3) is 3.59. The number of nitrogens with zero attached hydrogens (tertiary/aromatic N) is 1. The van der Waals surface area contributed by atoms with Gasteiger partial charge in [-0.05, 0) is 24.3 Å². The van der Waals surface area contributed by atoms with E-state index in [0.717, 1.165) is 5.75 Å². The molecular formula is C11H17N2O2+. The Morgan fingerprint density at radius 2 is 1.73 bits per heavy atom. The van der Waals surface area contributed by atoms with Gasteiger partial charge in [-0.1, -0.05) is 0 Å². The lowest BCUT2D eigenvalue weighted by Gasteiger charge is -2.23. The molecule has 4 nitrogen and oxygen atoms in total. The van der Waals surface area contributed by atoms with Gasteiger partial charge in [-0.15, -0.1) is 0 Å². The van der Waals surface area contributed by atoms with E-state index in [1.165, 1.54) is 0 Å². The zero-order chi connectivity index (χ0) is 11.5. The van der Waals surface area contributed by atoms with Crippen molar-refractivity contribution >= 4 is 5.91 Å². The SMILES string of the molecule is COc1ccc(C(=O)N[N+](C)(C)C)cc1. The van der Waals surface area contributed by atoms with E-state index in [2.05, 4.69) is 5.43 Å². The van der Waals surface area contributed by atoms with Gasteiger partial charge in [0, 0.05) is 5.56 Å². The van der Waals surface area contributed by atoms with E-state index in [1.54, 1.807) is 31.4 Å². The molecule has 15 heavy (non-hydrogen) atoms. The summed E-state index contributed by atoms with van der Waals surface area (Å²) in [7, 11) is 7.27. The Balaban J connectivity index is 2.75. The second-order valence-corrected chi connectivity index (χ2v) is 4.18. The highest BCUT2D eigenvalue weighted by Crippen LogP contribution is 2.11. The molecule has 1 aromatic carbocycles. The van der Waals surface area contributed by atoms with E-state index in [0.29, 0.717) is 10.2 Å². The van der Waals surface area contributed by atoms with Crippen molar-refractivity contribution in [3.8, 4) is 5.75 Å². The molecule has 1 rings (SSSR count). The molecule has 0 bridgehead atoms. The van der Waals surface area contributed by atoms with Gasteiger partial charge in [0.25, 0.3) is 5.91 Å². The molecular weight excluding hydrogens is 192 g/mol. The lowest BCUT2D eigenvalue weighted by Crippen LogP contribution is -2.51. The Bertz CT molecular complexity index is 339. The molecule has 0 saturated heterocycles. The highest BCUT2D eigenvalue weighted by molar-refractivity contribution is 5.93. The number of nitrogens with one attached hydrogen (secondary N) is 1. The smallest absolute Gasteiger partial charge is 0.295 e. The molecule has 0 fully saturated rings. The van der Waals surface area contributed by atoms with E-state index in [4.69, 9.17) is 4.74 Å². The molecule has 0 aromatic heterocycles. The topological polar surface area (TPSA) is 38.3 Å². The molecule has 0 heterocycles. The number of methoxy groups -OCH3 is 1. The van der Waals surface area contributed by atoms with Gasteiger partial charge in [0.15, 0.2) is 0 Å². The van der Waals surface area contributed by atoms with E-state index >= 15 is 0 Å². The Kier molecular flexibility index (Phi) is 3.31. The summed E-state index contributed by atoms with van der Waals surface area (Å²) in [6.07, 6.45) is 0. The average molecular weight is 209 g/mol. The number of amides is 1. The molecule has 4 heteroatoms. The monoisotopic (exact) mass is 209 g/mol. The van der Waals surface area contributed by atoms with Crippen molar-refractivity contribution in [3.63, 3.8) is 0 Å². The zero-order valence-electron chi connectivity index (χ0n) is 9.57. The average Bonchev–Trinajstić information content (AvgIpc) is 2.15. The van der Waals surface area contributed by atoms with Crippen LogP contribution in [-0.4, -0.2) is 38.8 Å². The molecule has 0 aliphatic carbocycles. The Morgan fingerprint density at radius 1 is 1.20 bits per heavy atom. The van der Waals surface area contributed by atoms with Crippen LogP contribution in [0, 0.1) is 0 Å². The van der Waals surface area contributed by atoms with Gasteiger partial charge < -0.3 is 4.74 Å². The zero-order valence-corrected chi connectivity index (χ0v) is 9.57. The maximum Gasteiger partial charge on any atom is 0.295 e. The maximum atomic E-state index is 11.7. The van der Waals surface area contributed by atoms with Crippen molar-refractivity contribution in [1.82, 2.24) is 5.43 Å². The van der Waals surface area contributed by atoms with Gasteiger partial charge in [0.2, 0.25) is 0 Å². The fourth-order valence-electron chi connectivity index (χ4n) is 1.11. The summed E-state index contributed by atoms with van der Waals surface area (Å²) in [6.45, 7) is 0. The van der Waals surface area contributed by atoms with Gasteiger partial charge in [0.1, 0.15) is 5.75 Å². The van der Waals surface area contributed by atoms with Crippen LogP contribution in [0.1, 0.15) is 10.4 Å². The maximum absolute atomic E-state index is 11.7. The van der Waals surface area contributed by atoms with Gasteiger partial charge >= 0.3 is 0 Å². The van der Waals surface area contributed by atoms with Crippen molar-refractivity contribution in [2.45, 2.75) is 0 Å². The summed E-state index contributed by atoms with van der Waals surface area (Å²) in [5, 5.41) is 0. The van der Waals surface area contributed by atoms with Gasteiger partial charge in [-0.25, -0.2) is 4.59 Å². The van der Waals surface area contributed by atoms with Crippen LogP contribution >= 0.6 is 0 Å². The number of quaternary nitrogens is 1. The van der Waals surface area contributed by atoms with Crippen LogP contribution in [-0.2, 0) is 0 Å². The Hall–Kier alpha value is -1.55. The third-order valence-corrected chi connectivity index (χ3v) is 1.79. The number of hydrogen-bond acceptors (Lipinski definition) is 2. The van der Waals surface area contributed by atoms with Crippen LogP contribution in [0.15, 0.2) is 24.3 Å². The summed E-state index contributed by atoms with van der Waals surface area (Å²) >= 11 is 0. The fraction of sp³-hybridized carbons (Fsp3) is 0.364. The normalized spacial score (nSPS) is 10.9.